The molecule has 0 spiro atoms. The van der Waals surface area contributed by atoms with Gasteiger partial charge < -0.3 is 9.72 Å². The molecule has 2 heterocycles. The van der Waals surface area contributed by atoms with Gasteiger partial charge in [0.25, 0.3) is 5.56 Å². The fraction of sp³-hybridized carbons (Fsp3) is 0.167. The highest BCUT2D eigenvalue weighted by Crippen LogP contribution is 2.26. The molecular formula is C24H19F2N3O4S. The van der Waals surface area contributed by atoms with E-state index >= 15 is 0 Å². The van der Waals surface area contributed by atoms with Gasteiger partial charge in [-0.05, 0) is 43.7 Å². The van der Waals surface area contributed by atoms with Gasteiger partial charge in [0.05, 0.1) is 40.7 Å². The predicted octanol–water partition coefficient (Wildman–Crippen LogP) is 4.37. The number of aromatic nitrogens is 3. The number of benzene rings is 2. The monoisotopic (exact) mass is 483 g/mol. The molecule has 10 heteroatoms. The zero-order valence-electron chi connectivity index (χ0n) is 18.4. The third kappa shape index (κ3) is 4.12. The Kier molecular flexibility index (Phi) is 6.34. The summed E-state index contributed by atoms with van der Waals surface area (Å²) in [7, 11) is 1.25. The summed E-state index contributed by atoms with van der Waals surface area (Å²) in [6, 6.07) is 9.42. The number of esters is 1. The number of hydrogen-bond donors (Lipinski definition) is 1. The fourth-order valence-electron chi connectivity index (χ4n) is 3.72. The number of H-pyrrole nitrogens is 1. The summed E-state index contributed by atoms with van der Waals surface area (Å²) in [5.41, 5.74) is 1.10. The normalized spacial score (nSPS) is 11.1. The Labute approximate surface area is 196 Å². The average Bonchev–Trinajstić information content (AvgIpc) is 3.11. The summed E-state index contributed by atoms with van der Waals surface area (Å²) in [4.78, 5) is 45.6. The van der Waals surface area contributed by atoms with E-state index in [-0.39, 0.29) is 39.0 Å². The second kappa shape index (κ2) is 9.22. The molecule has 0 amide bonds. The minimum Gasteiger partial charge on any atom is -0.465 e. The Bertz CT molecular complexity index is 1510. The average molecular weight is 483 g/mol. The quantitative estimate of drug-likeness (QED) is 0.189. The largest absolute Gasteiger partial charge is 0.465 e. The number of methoxy groups -OCH3 is 1. The first-order valence-corrected chi connectivity index (χ1v) is 11.1. The van der Waals surface area contributed by atoms with Crippen LogP contribution in [0.3, 0.4) is 0 Å². The van der Waals surface area contributed by atoms with E-state index in [1.807, 2.05) is 0 Å². The van der Waals surface area contributed by atoms with E-state index in [2.05, 4.69) is 9.97 Å². The Balaban J connectivity index is 1.76. The topological polar surface area (TPSA) is 94.1 Å². The van der Waals surface area contributed by atoms with Gasteiger partial charge in [0.15, 0.2) is 10.9 Å². The van der Waals surface area contributed by atoms with Crippen molar-refractivity contribution >= 4 is 34.4 Å². The maximum Gasteiger partial charge on any atom is 0.339 e. The van der Waals surface area contributed by atoms with Gasteiger partial charge in [0.2, 0.25) is 0 Å². The highest BCUT2D eigenvalue weighted by atomic mass is 32.2. The number of ketones is 1. The lowest BCUT2D eigenvalue weighted by Gasteiger charge is -2.13. The number of nitrogens with zero attached hydrogens (tertiary/aromatic N) is 2. The zero-order chi connectivity index (χ0) is 24.6. The maximum absolute atomic E-state index is 14.6. The molecule has 4 rings (SSSR count). The summed E-state index contributed by atoms with van der Waals surface area (Å²) < 4.78 is 33.9. The number of ether oxygens (including phenoxy) is 1. The summed E-state index contributed by atoms with van der Waals surface area (Å²) in [5.74, 6) is -2.80. The van der Waals surface area contributed by atoms with Crippen LogP contribution in [0.5, 0.6) is 0 Å². The number of thioether (sulfide) groups is 1. The number of aryl methyl sites for hydroxylation is 1. The van der Waals surface area contributed by atoms with Crippen LogP contribution in [-0.4, -0.2) is 39.2 Å². The van der Waals surface area contributed by atoms with Crippen molar-refractivity contribution in [2.45, 2.75) is 19.0 Å². The van der Waals surface area contributed by atoms with Crippen LogP contribution in [-0.2, 0) is 4.74 Å². The molecule has 0 atom stereocenters. The molecule has 0 aliphatic heterocycles. The Morgan fingerprint density at radius 2 is 1.88 bits per heavy atom. The minimum absolute atomic E-state index is 0.0664. The number of nitrogens with one attached hydrogen (secondary N) is 1. The van der Waals surface area contributed by atoms with Gasteiger partial charge in [0, 0.05) is 11.8 Å². The number of rotatable bonds is 6. The molecule has 0 unspecified atom stereocenters. The van der Waals surface area contributed by atoms with E-state index in [4.69, 9.17) is 4.74 Å². The Morgan fingerprint density at radius 1 is 1.15 bits per heavy atom. The molecule has 0 aliphatic rings. The van der Waals surface area contributed by atoms with Crippen molar-refractivity contribution in [2.75, 3.05) is 12.9 Å². The molecule has 4 aromatic rings. The van der Waals surface area contributed by atoms with Gasteiger partial charge in [-0.3, -0.25) is 14.2 Å². The molecular weight excluding hydrogens is 464 g/mol. The molecule has 0 radical (unpaired) electrons. The first-order valence-electron chi connectivity index (χ1n) is 10.1. The van der Waals surface area contributed by atoms with Crippen LogP contribution >= 0.6 is 11.8 Å². The number of para-hydroxylation sites is 1. The highest BCUT2D eigenvalue weighted by molar-refractivity contribution is 7.99. The van der Waals surface area contributed by atoms with Crippen LogP contribution in [0.15, 0.2) is 52.4 Å². The van der Waals surface area contributed by atoms with Crippen molar-refractivity contribution in [3.05, 3.63) is 87.0 Å². The predicted molar refractivity (Wildman–Crippen MR) is 124 cm³/mol. The Hall–Kier alpha value is -3.79. The lowest BCUT2D eigenvalue weighted by atomic mass is 10.1. The van der Waals surface area contributed by atoms with Gasteiger partial charge in [-0.15, -0.1) is 0 Å². The summed E-state index contributed by atoms with van der Waals surface area (Å²) in [6.07, 6.45) is 0. The van der Waals surface area contributed by atoms with Crippen molar-refractivity contribution in [2.24, 2.45) is 0 Å². The first kappa shape index (κ1) is 23.4. The third-order valence-corrected chi connectivity index (χ3v) is 6.27. The number of aromatic amines is 1. The molecule has 0 saturated carbocycles. The van der Waals surface area contributed by atoms with Gasteiger partial charge in [-0.1, -0.05) is 23.9 Å². The van der Waals surface area contributed by atoms with E-state index in [0.29, 0.717) is 22.8 Å². The molecule has 174 valence electrons. The lowest BCUT2D eigenvalue weighted by molar-refractivity contribution is 0.0599. The van der Waals surface area contributed by atoms with Crippen molar-refractivity contribution in [1.82, 2.24) is 14.5 Å². The maximum atomic E-state index is 14.6. The number of carbonyl (C=O) groups is 2. The smallest absolute Gasteiger partial charge is 0.339 e. The van der Waals surface area contributed by atoms with Crippen LogP contribution in [0.4, 0.5) is 8.78 Å². The van der Waals surface area contributed by atoms with Gasteiger partial charge in [-0.2, -0.15) is 0 Å². The SMILES string of the molecule is COC(=O)c1c(C)[nH]c(C(=O)CSc2nc3ccccc3c(=O)n2-c2ccc(F)cc2F)c1C. The van der Waals surface area contributed by atoms with Crippen LogP contribution in [0.25, 0.3) is 16.6 Å². The van der Waals surface area contributed by atoms with E-state index < -0.39 is 23.2 Å². The number of halogens is 2. The van der Waals surface area contributed by atoms with Gasteiger partial charge >= 0.3 is 5.97 Å². The first-order chi connectivity index (χ1) is 16.2. The van der Waals surface area contributed by atoms with Gasteiger partial charge in [0.1, 0.15) is 11.6 Å². The number of carbonyl (C=O) groups excluding carboxylic acids is 2. The van der Waals surface area contributed by atoms with Crippen LogP contribution in [0.2, 0.25) is 0 Å². The van der Waals surface area contributed by atoms with Crippen LogP contribution in [0.1, 0.15) is 32.1 Å². The fourth-order valence-corrected chi connectivity index (χ4v) is 4.60. The van der Waals surface area contributed by atoms with Crippen molar-refractivity contribution < 1.29 is 23.1 Å². The molecule has 2 aromatic carbocycles. The van der Waals surface area contributed by atoms with E-state index in [9.17, 15) is 23.2 Å². The molecule has 0 saturated heterocycles. The zero-order valence-corrected chi connectivity index (χ0v) is 19.3. The molecule has 1 N–H and O–H groups in total. The molecule has 2 aromatic heterocycles. The molecule has 34 heavy (non-hydrogen) atoms. The third-order valence-electron chi connectivity index (χ3n) is 5.33. The van der Waals surface area contributed by atoms with E-state index in [0.717, 1.165) is 28.5 Å². The van der Waals surface area contributed by atoms with Crippen molar-refractivity contribution in [1.29, 1.82) is 0 Å². The van der Waals surface area contributed by atoms with E-state index in [1.165, 1.54) is 7.11 Å². The highest BCUT2D eigenvalue weighted by Gasteiger charge is 2.24. The Morgan fingerprint density at radius 3 is 2.59 bits per heavy atom. The number of hydrogen-bond acceptors (Lipinski definition) is 6. The van der Waals surface area contributed by atoms with E-state index in [1.54, 1.807) is 38.1 Å². The standard InChI is InChI=1S/C24H19F2N3O4S/c1-12-20(23(32)33-3)13(2)27-21(12)19(30)11-34-24-28-17-7-5-4-6-15(17)22(31)29(24)18-9-8-14(25)10-16(18)26/h4-10,27H,11H2,1-3H3. The number of fused-ring (bicyclic) bond motifs is 1. The second-order valence-corrected chi connectivity index (χ2v) is 8.42. The summed E-state index contributed by atoms with van der Waals surface area (Å²) >= 11 is 0.930. The number of Topliss-reactive ketones (excluding diaryl/α,β-unsaturated/α-hetero) is 1. The molecule has 0 aliphatic carbocycles. The minimum atomic E-state index is -0.939. The lowest BCUT2D eigenvalue weighted by Crippen LogP contribution is -2.23. The van der Waals surface area contributed by atoms with Crippen LogP contribution < -0.4 is 5.56 Å². The van der Waals surface area contributed by atoms with Crippen molar-refractivity contribution in [3.63, 3.8) is 0 Å². The van der Waals surface area contributed by atoms with Gasteiger partial charge in [-0.25, -0.2) is 18.6 Å². The second-order valence-electron chi connectivity index (χ2n) is 7.48. The summed E-state index contributed by atoms with van der Waals surface area (Å²) in [6.45, 7) is 3.29. The van der Waals surface area contributed by atoms with Crippen molar-refractivity contribution in [3.8, 4) is 5.69 Å². The molecule has 0 bridgehead atoms. The molecule has 7 nitrogen and oxygen atoms in total. The molecule has 0 fully saturated rings. The summed E-state index contributed by atoms with van der Waals surface area (Å²) in [5, 5.41) is 0.317. The van der Waals surface area contributed by atoms with Crippen LogP contribution in [0, 0.1) is 25.5 Å².